The first-order valence-corrected chi connectivity index (χ1v) is 10.0. The molecule has 3 aliphatic carbocycles. The molecule has 29 heavy (non-hydrogen) atoms. The maximum atomic E-state index is 13.6. The Labute approximate surface area is 167 Å². The number of carbonyl (C=O) groups is 1. The van der Waals surface area contributed by atoms with Crippen LogP contribution in [0.25, 0.3) is 22.6 Å². The number of nitrogens with one attached hydrogen (secondary N) is 1. The van der Waals surface area contributed by atoms with Gasteiger partial charge in [0.15, 0.2) is 11.5 Å². The van der Waals surface area contributed by atoms with E-state index in [1.807, 2.05) is 6.07 Å². The Balaban J connectivity index is 1.46. The standard InChI is InChI=1S/C21H22FN5O2/c1-29-21(28)17-12-4-2-11(3-5-12)15(17)9-14-6-7-23-20(25-14)18-16-8-13(22)10-24-19(16)27-26-18/h6-8,10-12,15,17H,2-5,9H2,1H3,(H,24,26,27)/t11?,12?,15-,17-/m0/s1. The van der Waals surface area contributed by atoms with Crippen LogP contribution in [0.2, 0.25) is 0 Å². The van der Waals surface area contributed by atoms with E-state index in [1.165, 1.54) is 13.2 Å². The molecule has 3 aliphatic rings. The number of pyridine rings is 1. The zero-order valence-electron chi connectivity index (χ0n) is 16.1. The van der Waals surface area contributed by atoms with Gasteiger partial charge >= 0.3 is 5.97 Å². The first kappa shape index (κ1) is 18.1. The minimum absolute atomic E-state index is 0.0582. The molecule has 6 rings (SSSR count). The number of aromatic amines is 1. The van der Waals surface area contributed by atoms with E-state index in [2.05, 4.69) is 20.2 Å². The van der Waals surface area contributed by atoms with Crippen molar-refractivity contribution in [2.24, 2.45) is 23.7 Å². The summed E-state index contributed by atoms with van der Waals surface area (Å²) in [4.78, 5) is 25.5. The summed E-state index contributed by atoms with van der Waals surface area (Å²) in [5, 5.41) is 7.54. The van der Waals surface area contributed by atoms with E-state index in [4.69, 9.17) is 9.72 Å². The number of hydrogen-bond acceptors (Lipinski definition) is 6. The molecule has 0 unspecified atom stereocenters. The molecule has 0 spiro atoms. The van der Waals surface area contributed by atoms with Crippen molar-refractivity contribution < 1.29 is 13.9 Å². The van der Waals surface area contributed by atoms with Crippen LogP contribution in [0.1, 0.15) is 31.4 Å². The van der Waals surface area contributed by atoms with Crippen LogP contribution >= 0.6 is 0 Å². The van der Waals surface area contributed by atoms with Crippen LogP contribution in [0.3, 0.4) is 0 Å². The van der Waals surface area contributed by atoms with Crippen LogP contribution in [0.4, 0.5) is 4.39 Å². The number of esters is 1. The van der Waals surface area contributed by atoms with Gasteiger partial charge < -0.3 is 4.74 Å². The average molecular weight is 395 g/mol. The summed E-state index contributed by atoms with van der Waals surface area (Å²) in [6.07, 6.45) is 8.08. The van der Waals surface area contributed by atoms with Gasteiger partial charge in [-0.3, -0.25) is 9.89 Å². The molecule has 3 fully saturated rings. The summed E-state index contributed by atoms with van der Waals surface area (Å²) in [7, 11) is 1.47. The minimum atomic E-state index is -0.435. The second kappa shape index (κ2) is 7.17. The Morgan fingerprint density at radius 3 is 2.83 bits per heavy atom. The number of aromatic nitrogens is 5. The van der Waals surface area contributed by atoms with E-state index in [1.54, 1.807) is 6.20 Å². The number of nitrogens with zero attached hydrogens (tertiary/aromatic N) is 4. The smallest absolute Gasteiger partial charge is 0.309 e. The van der Waals surface area contributed by atoms with Gasteiger partial charge in [0.25, 0.3) is 0 Å². The van der Waals surface area contributed by atoms with Crippen LogP contribution in [0, 0.1) is 29.5 Å². The van der Waals surface area contributed by atoms with Gasteiger partial charge in [-0.2, -0.15) is 5.10 Å². The number of halogens is 1. The first-order valence-electron chi connectivity index (χ1n) is 10.0. The van der Waals surface area contributed by atoms with Crippen LogP contribution in [-0.2, 0) is 16.0 Å². The van der Waals surface area contributed by atoms with Crippen molar-refractivity contribution in [1.29, 1.82) is 0 Å². The Morgan fingerprint density at radius 1 is 1.24 bits per heavy atom. The topological polar surface area (TPSA) is 93.7 Å². The summed E-state index contributed by atoms with van der Waals surface area (Å²) in [5.74, 6) is 1.02. The molecule has 3 aromatic rings. The van der Waals surface area contributed by atoms with Crippen molar-refractivity contribution in [3.8, 4) is 11.5 Å². The third-order valence-electron chi connectivity index (χ3n) is 6.62. The highest BCUT2D eigenvalue weighted by Gasteiger charge is 2.47. The second-order valence-electron chi connectivity index (χ2n) is 8.09. The fraction of sp³-hybridized carbons (Fsp3) is 0.476. The third-order valence-corrected chi connectivity index (χ3v) is 6.62. The Kier molecular flexibility index (Phi) is 4.49. The predicted octanol–water partition coefficient (Wildman–Crippen LogP) is 3.32. The molecule has 8 heteroatoms. The van der Waals surface area contributed by atoms with Gasteiger partial charge in [-0.05, 0) is 62.0 Å². The molecule has 150 valence electrons. The fourth-order valence-corrected chi connectivity index (χ4v) is 5.29. The molecule has 2 atom stereocenters. The molecule has 0 saturated heterocycles. The van der Waals surface area contributed by atoms with E-state index >= 15 is 0 Å². The van der Waals surface area contributed by atoms with E-state index in [0.717, 1.165) is 37.6 Å². The first-order chi connectivity index (χ1) is 14.1. The normalized spacial score (nSPS) is 26.0. The maximum absolute atomic E-state index is 13.6. The summed E-state index contributed by atoms with van der Waals surface area (Å²) in [6.45, 7) is 0. The predicted molar refractivity (Wildman–Crippen MR) is 103 cm³/mol. The molecule has 0 amide bonds. The number of carbonyl (C=O) groups excluding carboxylic acids is 1. The highest BCUT2D eigenvalue weighted by Crippen LogP contribution is 2.50. The van der Waals surface area contributed by atoms with Gasteiger partial charge in [0.1, 0.15) is 11.5 Å². The SMILES string of the molecule is COC(=O)[C@H]1C2CCC(CC2)[C@@H]1Cc1ccnc(-c2[nH]nc3ncc(F)cc23)n1. The lowest BCUT2D eigenvalue weighted by Gasteiger charge is -2.47. The molecular weight excluding hydrogens is 373 g/mol. The number of H-pyrrole nitrogens is 1. The highest BCUT2D eigenvalue weighted by molar-refractivity contribution is 5.88. The van der Waals surface area contributed by atoms with Crippen molar-refractivity contribution in [2.75, 3.05) is 7.11 Å². The number of rotatable bonds is 4. The Bertz CT molecular complexity index is 1060. The number of methoxy groups -OCH3 is 1. The van der Waals surface area contributed by atoms with Gasteiger partial charge in [-0.15, -0.1) is 0 Å². The minimum Gasteiger partial charge on any atom is -0.469 e. The van der Waals surface area contributed by atoms with Crippen LogP contribution < -0.4 is 0 Å². The van der Waals surface area contributed by atoms with Crippen molar-refractivity contribution >= 4 is 17.0 Å². The summed E-state index contributed by atoms with van der Waals surface area (Å²) in [6, 6.07) is 3.27. The van der Waals surface area contributed by atoms with Crippen LogP contribution in [0.5, 0.6) is 0 Å². The molecule has 3 aromatic heterocycles. The highest BCUT2D eigenvalue weighted by atomic mass is 19.1. The van der Waals surface area contributed by atoms with E-state index < -0.39 is 5.82 Å². The quantitative estimate of drug-likeness (QED) is 0.681. The molecule has 3 heterocycles. The zero-order valence-corrected chi connectivity index (χ0v) is 16.1. The van der Waals surface area contributed by atoms with Crippen molar-refractivity contribution in [3.05, 3.63) is 36.0 Å². The van der Waals surface area contributed by atoms with Gasteiger partial charge in [-0.25, -0.2) is 19.3 Å². The molecule has 3 saturated carbocycles. The van der Waals surface area contributed by atoms with Crippen molar-refractivity contribution in [1.82, 2.24) is 25.1 Å². The maximum Gasteiger partial charge on any atom is 0.309 e. The fourth-order valence-electron chi connectivity index (χ4n) is 5.29. The van der Waals surface area contributed by atoms with E-state index in [-0.39, 0.29) is 17.8 Å². The monoisotopic (exact) mass is 395 g/mol. The second-order valence-corrected chi connectivity index (χ2v) is 8.09. The lowest BCUT2D eigenvalue weighted by Crippen LogP contribution is -2.45. The molecule has 0 aromatic carbocycles. The van der Waals surface area contributed by atoms with E-state index in [9.17, 15) is 9.18 Å². The van der Waals surface area contributed by atoms with Crippen molar-refractivity contribution in [3.63, 3.8) is 0 Å². The lowest BCUT2D eigenvalue weighted by atomic mass is 9.57. The Hall–Kier alpha value is -2.90. The van der Waals surface area contributed by atoms with Gasteiger partial charge in [-0.1, -0.05) is 0 Å². The van der Waals surface area contributed by atoms with Crippen LogP contribution in [0.15, 0.2) is 24.5 Å². The zero-order chi connectivity index (χ0) is 20.0. The summed E-state index contributed by atoms with van der Waals surface area (Å²) >= 11 is 0. The van der Waals surface area contributed by atoms with Crippen LogP contribution in [-0.4, -0.2) is 38.2 Å². The van der Waals surface area contributed by atoms with Gasteiger partial charge in [0.05, 0.1) is 24.6 Å². The average Bonchev–Trinajstić information content (AvgIpc) is 3.17. The van der Waals surface area contributed by atoms with Gasteiger partial charge in [0.2, 0.25) is 0 Å². The third kappa shape index (κ3) is 3.16. The molecule has 1 N–H and O–H groups in total. The molecular formula is C21H22FN5O2. The summed E-state index contributed by atoms with van der Waals surface area (Å²) < 4.78 is 18.8. The van der Waals surface area contributed by atoms with Gasteiger partial charge in [0, 0.05) is 11.9 Å². The molecule has 7 nitrogen and oxygen atoms in total. The largest absolute Gasteiger partial charge is 0.469 e. The number of fused-ring (bicyclic) bond motifs is 4. The molecule has 2 bridgehead atoms. The van der Waals surface area contributed by atoms with E-state index in [0.29, 0.717) is 40.8 Å². The number of hydrogen-bond donors (Lipinski definition) is 1. The number of ether oxygens (including phenoxy) is 1. The lowest BCUT2D eigenvalue weighted by molar-refractivity contribution is -0.156. The summed E-state index contributed by atoms with van der Waals surface area (Å²) in [5.41, 5.74) is 1.84. The van der Waals surface area contributed by atoms with Crippen molar-refractivity contribution in [2.45, 2.75) is 32.1 Å². The molecule has 0 aliphatic heterocycles. The Morgan fingerprint density at radius 2 is 2.03 bits per heavy atom. The molecule has 0 radical (unpaired) electrons.